The van der Waals surface area contributed by atoms with Gasteiger partial charge in [-0.3, -0.25) is 18.6 Å². The maximum atomic E-state index is 12.7. The largest absolute Gasteiger partial charge is 0.472 e. The van der Waals surface area contributed by atoms with Gasteiger partial charge in [0.15, 0.2) is 6.10 Å². The number of unbranched alkanes of at least 4 members (excludes halogenated alkanes) is 20. The van der Waals surface area contributed by atoms with Crippen molar-refractivity contribution in [3.63, 3.8) is 0 Å². The lowest BCUT2D eigenvalue weighted by Gasteiger charge is -2.41. The van der Waals surface area contributed by atoms with Crippen molar-refractivity contribution < 1.29 is 63.1 Å². The third-order valence-electron chi connectivity index (χ3n) is 9.45. The molecule has 51 heavy (non-hydrogen) atoms. The number of aliphatic hydroxyl groups excluding tert-OH is 5. The van der Waals surface area contributed by atoms with Crippen molar-refractivity contribution in [1.29, 1.82) is 0 Å². The molecule has 0 radical (unpaired) electrons. The van der Waals surface area contributed by atoms with Gasteiger partial charge >= 0.3 is 19.8 Å². The molecule has 1 aliphatic rings. The molecule has 1 fully saturated rings. The topological polar surface area (TPSA) is 210 Å². The Morgan fingerprint density at radius 1 is 0.529 bits per heavy atom. The van der Waals surface area contributed by atoms with Crippen LogP contribution < -0.4 is 0 Å². The van der Waals surface area contributed by atoms with Crippen molar-refractivity contribution in [2.45, 2.75) is 211 Å². The number of carbonyl (C=O) groups is 2. The molecule has 6 N–H and O–H groups in total. The third kappa shape index (κ3) is 22.6. The Hall–Kier alpha value is -1.15. The van der Waals surface area contributed by atoms with Gasteiger partial charge in [0.05, 0.1) is 6.61 Å². The van der Waals surface area contributed by atoms with Crippen molar-refractivity contribution in [3.8, 4) is 0 Å². The van der Waals surface area contributed by atoms with E-state index >= 15 is 0 Å². The number of carbonyl (C=O) groups excluding carboxylic acids is 2. The smallest absolute Gasteiger partial charge is 0.462 e. The fraction of sp³-hybridized carbons (Fsp3) is 0.946. The number of hydrogen-bond donors (Lipinski definition) is 6. The SMILES string of the molecule is CCCCCCCCCCCCCCCCC(=O)OC[C@@H](COP(=O)(O)OC1C(O)C(O)C(O)[C@H](O)C1O)OC(=O)CCCCCCCCCC. The van der Waals surface area contributed by atoms with Crippen molar-refractivity contribution >= 4 is 19.8 Å². The Kier molecular flexibility index (Phi) is 27.4. The van der Waals surface area contributed by atoms with E-state index in [9.17, 15) is 44.6 Å². The van der Waals surface area contributed by atoms with Crippen LogP contribution in [0, 0.1) is 0 Å². The monoisotopic (exact) mass is 754 g/mol. The van der Waals surface area contributed by atoms with Crippen LogP contribution in [-0.2, 0) is 32.7 Å². The molecule has 0 spiro atoms. The van der Waals surface area contributed by atoms with Gasteiger partial charge < -0.3 is 39.9 Å². The van der Waals surface area contributed by atoms with E-state index in [1.165, 1.54) is 83.5 Å². The molecule has 302 valence electrons. The minimum absolute atomic E-state index is 0.101. The number of ether oxygens (including phenoxy) is 2. The predicted octanol–water partition coefficient (Wildman–Crippen LogP) is 6.16. The quantitative estimate of drug-likeness (QED) is 0.0258. The zero-order valence-electron chi connectivity index (χ0n) is 31.4. The van der Waals surface area contributed by atoms with E-state index in [1.807, 2.05) is 0 Å². The molecule has 13 nitrogen and oxygen atoms in total. The molecule has 1 rings (SSSR count). The van der Waals surface area contributed by atoms with Crippen LogP contribution in [0.4, 0.5) is 0 Å². The van der Waals surface area contributed by atoms with Gasteiger partial charge in [0.25, 0.3) is 0 Å². The fourth-order valence-electron chi connectivity index (χ4n) is 6.17. The minimum atomic E-state index is -5.10. The average molecular weight is 755 g/mol. The van der Waals surface area contributed by atoms with E-state index < -0.39 is 75.7 Å². The molecule has 1 saturated carbocycles. The van der Waals surface area contributed by atoms with Crippen molar-refractivity contribution in [2.24, 2.45) is 0 Å². The number of esters is 2. The molecule has 0 aromatic carbocycles. The number of aliphatic hydroxyl groups is 5. The maximum Gasteiger partial charge on any atom is 0.472 e. The van der Waals surface area contributed by atoms with Crippen molar-refractivity contribution in [2.75, 3.05) is 13.2 Å². The van der Waals surface area contributed by atoms with E-state index in [2.05, 4.69) is 13.8 Å². The Morgan fingerprint density at radius 2 is 0.882 bits per heavy atom. The number of hydrogen-bond acceptors (Lipinski definition) is 12. The average Bonchev–Trinajstić information content (AvgIpc) is 3.10. The first-order valence-corrected chi connectivity index (χ1v) is 21.3. The molecule has 0 amide bonds. The lowest BCUT2D eigenvalue weighted by molar-refractivity contribution is -0.220. The Balaban J connectivity index is 2.49. The number of phosphoric acid groups is 1. The maximum absolute atomic E-state index is 12.7. The van der Waals surface area contributed by atoms with Crippen LogP contribution in [0.15, 0.2) is 0 Å². The van der Waals surface area contributed by atoms with E-state index in [0.717, 1.165) is 44.9 Å². The highest BCUT2D eigenvalue weighted by atomic mass is 31.2. The number of rotatable bonds is 32. The van der Waals surface area contributed by atoms with Crippen molar-refractivity contribution in [3.05, 3.63) is 0 Å². The van der Waals surface area contributed by atoms with Gasteiger partial charge in [-0.15, -0.1) is 0 Å². The second-order valence-corrected chi connectivity index (χ2v) is 15.6. The van der Waals surface area contributed by atoms with E-state index in [4.69, 9.17) is 18.5 Å². The second kappa shape index (κ2) is 29.2. The highest BCUT2D eigenvalue weighted by Gasteiger charge is 2.51. The summed E-state index contributed by atoms with van der Waals surface area (Å²) in [5, 5.41) is 49.8. The molecule has 0 heterocycles. The van der Waals surface area contributed by atoms with Crippen LogP contribution in [0.1, 0.15) is 168 Å². The second-order valence-electron chi connectivity index (χ2n) is 14.2. The van der Waals surface area contributed by atoms with E-state index in [0.29, 0.717) is 12.8 Å². The van der Waals surface area contributed by atoms with Gasteiger partial charge in [0, 0.05) is 12.8 Å². The van der Waals surface area contributed by atoms with E-state index in [-0.39, 0.29) is 12.8 Å². The van der Waals surface area contributed by atoms with Gasteiger partial charge in [-0.2, -0.15) is 0 Å². The predicted molar refractivity (Wildman–Crippen MR) is 194 cm³/mol. The minimum Gasteiger partial charge on any atom is -0.462 e. The standard InChI is InChI=1S/C37H71O13P/c1-3-5-7-9-11-13-14-15-16-17-18-20-21-23-25-30(38)47-27-29(49-31(39)26-24-22-19-12-10-8-6-4-2)28-48-51(45,46)50-37-35(43)33(41)32(40)34(42)36(37)44/h29,32-37,40-44H,3-28H2,1-2H3,(H,45,46)/t29-,32?,33-,34?,35?,36?,37?/m0/s1. The summed E-state index contributed by atoms with van der Waals surface area (Å²) in [6.07, 6.45) is 12.0. The summed E-state index contributed by atoms with van der Waals surface area (Å²) in [5.41, 5.74) is 0. The van der Waals surface area contributed by atoms with Crippen LogP contribution in [-0.4, -0.2) is 98.3 Å². The summed E-state index contributed by atoms with van der Waals surface area (Å²) in [4.78, 5) is 35.3. The molecular weight excluding hydrogens is 683 g/mol. The lowest BCUT2D eigenvalue weighted by atomic mass is 9.85. The lowest BCUT2D eigenvalue weighted by Crippen LogP contribution is -2.64. The van der Waals surface area contributed by atoms with Crippen LogP contribution in [0.3, 0.4) is 0 Å². The highest BCUT2D eigenvalue weighted by Crippen LogP contribution is 2.47. The van der Waals surface area contributed by atoms with Crippen molar-refractivity contribution in [1.82, 2.24) is 0 Å². The van der Waals surface area contributed by atoms with Gasteiger partial charge in [-0.05, 0) is 12.8 Å². The Bertz CT molecular complexity index is 922. The summed E-state index contributed by atoms with van der Waals surface area (Å²) in [6, 6.07) is 0. The molecule has 0 bridgehead atoms. The number of phosphoric ester groups is 1. The zero-order valence-corrected chi connectivity index (χ0v) is 32.3. The summed E-state index contributed by atoms with van der Waals surface area (Å²) >= 11 is 0. The summed E-state index contributed by atoms with van der Waals surface area (Å²) < 4.78 is 33.3. The first-order valence-electron chi connectivity index (χ1n) is 19.8. The van der Waals surface area contributed by atoms with Crippen LogP contribution in [0.5, 0.6) is 0 Å². The molecule has 0 aromatic heterocycles. The molecule has 0 aromatic rings. The summed E-state index contributed by atoms with van der Waals surface area (Å²) in [7, 11) is -5.10. The Labute approximate surface area is 306 Å². The summed E-state index contributed by atoms with van der Waals surface area (Å²) in [5.74, 6) is -1.10. The fourth-order valence-corrected chi connectivity index (χ4v) is 7.14. The molecule has 14 heteroatoms. The molecule has 8 atom stereocenters. The first-order chi connectivity index (χ1) is 24.4. The molecular formula is C37H71O13P. The molecule has 6 unspecified atom stereocenters. The van der Waals surface area contributed by atoms with E-state index in [1.54, 1.807) is 0 Å². The summed E-state index contributed by atoms with van der Waals surface area (Å²) in [6.45, 7) is 3.23. The normalized spacial score (nSPS) is 23.8. The third-order valence-corrected chi connectivity index (χ3v) is 10.4. The highest BCUT2D eigenvalue weighted by molar-refractivity contribution is 7.47. The van der Waals surface area contributed by atoms with Gasteiger partial charge in [-0.25, -0.2) is 4.57 Å². The molecule has 1 aliphatic carbocycles. The van der Waals surface area contributed by atoms with Crippen LogP contribution in [0.25, 0.3) is 0 Å². The zero-order chi connectivity index (χ0) is 37.9. The van der Waals surface area contributed by atoms with Gasteiger partial charge in [0.2, 0.25) is 0 Å². The van der Waals surface area contributed by atoms with Gasteiger partial charge in [-0.1, -0.05) is 142 Å². The van der Waals surface area contributed by atoms with Crippen LogP contribution >= 0.6 is 7.82 Å². The van der Waals surface area contributed by atoms with Crippen LogP contribution in [0.2, 0.25) is 0 Å². The molecule has 0 aliphatic heterocycles. The van der Waals surface area contributed by atoms with Gasteiger partial charge in [0.1, 0.15) is 43.2 Å². The first kappa shape index (κ1) is 47.9. The molecule has 0 saturated heterocycles. The Morgan fingerprint density at radius 3 is 1.29 bits per heavy atom.